The average molecular weight is 383 g/mol. The Morgan fingerprint density at radius 3 is 2.17 bits per heavy atom. The van der Waals surface area contributed by atoms with E-state index in [1.54, 1.807) is 0 Å². The van der Waals surface area contributed by atoms with E-state index in [4.69, 9.17) is 0 Å². The van der Waals surface area contributed by atoms with Gasteiger partial charge >= 0.3 is 0 Å². The Labute approximate surface area is 150 Å². The van der Waals surface area contributed by atoms with E-state index in [1.807, 2.05) is 49.4 Å². The molecule has 4 nitrogen and oxygen atoms in total. The summed E-state index contributed by atoms with van der Waals surface area (Å²) in [5, 5.41) is 6.57. The summed E-state index contributed by atoms with van der Waals surface area (Å²) in [6.07, 6.45) is 1.03. The summed E-state index contributed by atoms with van der Waals surface area (Å²) >= 11 is 3.44. The first-order chi connectivity index (χ1) is 11.6. The van der Waals surface area contributed by atoms with Crippen LogP contribution in [0.1, 0.15) is 18.2 Å². The molecule has 3 rings (SSSR count). The van der Waals surface area contributed by atoms with E-state index in [0.29, 0.717) is 5.95 Å². The van der Waals surface area contributed by atoms with Crippen LogP contribution in [0, 0.1) is 6.92 Å². The lowest BCUT2D eigenvalue weighted by molar-refractivity contribution is 1.10. The first kappa shape index (κ1) is 16.5. The van der Waals surface area contributed by atoms with Crippen LogP contribution >= 0.6 is 15.9 Å². The van der Waals surface area contributed by atoms with Gasteiger partial charge in [0.1, 0.15) is 5.82 Å². The number of halogens is 1. The maximum atomic E-state index is 4.54. The molecule has 24 heavy (non-hydrogen) atoms. The molecule has 1 aromatic heterocycles. The molecule has 5 heteroatoms. The third-order valence-corrected chi connectivity index (χ3v) is 4.12. The second-order valence-corrected chi connectivity index (χ2v) is 6.44. The molecule has 3 aromatic rings. The molecule has 0 amide bonds. The van der Waals surface area contributed by atoms with Gasteiger partial charge in [-0.25, -0.2) is 4.98 Å². The third kappa shape index (κ3) is 4.32. The number of aryl methyl sites for hydroxylation is 2. The molecular formula is C19H19BrN4. The van der Waals surface area contributed by atoms with Gasteiger partial charge in [-0.05, 0) is 55.3 Å². The first-order valence-electron chi connectivity index (χ1n) is 7.86. The van der Waals surface area contributed by atoms with E-state index in [1.165, 1.54) is 5.56 Å². The molecule has 0 bridgehead atoms. The largest absolute Gasteiger partial charge is 0.340 e. The Hall–Kier alpha value is -2.40. The van der Waals surface area contributed by atoms with Gasteiger partial charge in [-0.15, -0.1) is 0 Å². The average Bonchev–Trinajstić information content (AvgIpc) is 2.57. The van der Waals surface area contributed by atoms with Crippen LogP contribution in [0.4, 0.5) is 23.1 Å². The molecule has 0 unspecified atom stereocenters. The monoisotopic (exact) mass is 382 g/mol. The molecule has 0 atom stereocenters. The van der Waals surface area contributed by atoms with Crippen molar-refractivity contribution in [1.82, 2.24) is 9.97 Å². The predicted octanol–water partition coefficient (Wildman–Crippen LogP) is 5.60. The zero-order valence-corrected chi connectivity index (χ0v) is 15.3. The molecule has 2 N–H and O–H groups in total. The minimum absolute atomic E-state index is 0.582. The van der Waals surface area contributed by atoms with Crippen molar-refractivity contribution in [3.05, 3.63) is 70.3 Å². The summed E-state index contributed by atoms with van der Waals surface area (Å²) in [5.41, 5.74) is 4.17. The van der Waals surface area contributed by atoms with Gasteiger partial charge in [0.2, 0.25) is 5.95 Å². The first-order valence-corrected chi connectivity index (χ1v) is 8.66. The van der Waals surface area contributed by atoms with Crippen LogP contribution in [-0.2, 0) is 6.42 Å². The van der Waals surface area contributed by atoms with Crippen LogP contribution < -0.4 is 10.6 Å². The van der Waals surface area contributed by atoms with Crippen molar-refractivity contribution in [1.29, 1.82) is 0 Å². The Morgan fingerprint density at radius 2 is 1.50 bits per heavy atom. The fourth-order valence-corrected chi connectivity index (χ4v) is 2.59. The quantitative estimate of drug-likeness (QED) is 0.602. The lowest BCUT2D eigenvalue weighted by Crippen LogP contribution is -2.02. The Bertz CT molecular complexity index is 814. The van der Waals surface area contributed by atoms with Crippen molar-refractivity contribution in [3.63, 3.8) is 0 Å². The van der Waals surface area contributed by atoms with Crippen molar-refractivity contribution in [2.45, 2.75) is 20.3 Å². The van der Waals surface area contributed by atoms with Gasteiger partial charge in [0, 0.05) is 27.6 Å². The standard InChI is InChI=1S/C19H19BrN4/c1-3-14-4-8-17(9-5-14)23-19-21-13(2)12-18(24-19)22-16-10-6-15(20)7-11-16/h4-12H,3H2,1-2H3,(H2,21,22,23,24). The maximum Gasteiger partial charge on any atom is 0.229 e. The minimum atomic E-state index is 0.582. The second kappa shape index (κ2) is 7.45. The Kier molecular flexibility index (Phi) is 5.11. The lowest BCUT2D eigenvalue weighted by Gasteiger charge is -2.10. The molecular weight excluding hydrogens is 364 g/mol. The SMILES string of the molecule is CCc1ccc(Nc2nc(C)cc(Nc3ccc(Br)cc3)n2)cc1. The van der Waals surface area contributed by atoms with Gasteiger partial charge in [0.05, 0.1) is 0 Å². The number of anilines is 4. The number of benzene rings is 2. The van der Waals surface area contributed by atoms with Gasteiger partial charge in [-0.2, -0.15) is 4.98 Å². The summed E-state index contributed by atoms with van der Waals surface area (Å²) in [5.74, 6) is 1.34. The molecule has 2 aromatic carbocycles. The predicted molar refractivity (Wildman–Crippen MR) is 103 cm³/mol. The molecule has 0 fully saturated rings. The molecule has 0 aliphatic carbocycles. The van der Waals surface area contributed by atoms with Crippen molar-refractivity contribution in [3.8, 4) is 0 Å². The van der Waals surface area contributed by atoms with E-state index in [2.05, 4.69) is 55.6 Å². The highest BCUT2D eigenvalue weighted by Crippen LogP contribution is 2.21. The van der Waals surface area contributed by atoms with E-state index in [-0.39, 0.29) is 0 Å². The van der Waals surface area contributed by atoms with E-state index in [9.17, 15) is 0 Å². The fourth-order valence-electron chi connectivity index (χ4n) is 2.32. The molecule has 0 aliphatic heterocycles. The highest BCUT2D eigenvalue weighted by molar-refractivity contribution is 9.10. The molecule has 0 spiro atoms. The zero-order valence-electron chi connectivity index (χ0n) is 13.7. The van der Waals surface area contributed by atoms with E-state index in [0.717, 1.165) is 33.8 Å². The van der Waals surface area contributed by atoms with E-state index < -0.39 is 0 Å². The third-order valence-electron chi connectivity index (χ3n) is 3.59. The lowest BCUT2D eigenvalue weighted by atomic mass is 10.1. The summed E-state index contributed by atoms with van der Waals surface area (Å²) < 4.78 is 1.05. The van der Waals surface area contributed by atoms with Crippen LogP contribution in [0.2, 0.25) is 0 Å². The van der Waals surface area contributed by atoms with Crippen molar-refractivity contribution in [2.24, 2.45) is 0 Å². The highest BCUT2D eigenvalue weighted by atomic mass is 79.9. The van der Waals surface area contributed by atoms with Crippen LogP contribution in [0.3, 0.4) is 0 Å². The molecule has 0 saturated carbocycles. The number of rotatable bonds is 5. The Balaban J connectivity index is 1.78. The molecule has 122 valence electrons. The number of nitrogens with one attached hydrogen (secondary N) is 2. The number of aromatic nitrogens is 2. The van der Waals surface area contributed by atoms with Gasteiger partial charge < -0.3 is 10.6 Å². The van der Waals surface area contributed by atoms with Crippen molar-refractivity contribution >= 4 is 39.1 Å². The molecule has 0 radical (unpaired) electrons. The van der Waals surface area contributed by atoms with Crippen LogP contribution in [0.5, 0.6) is 0 Å². The van der Waals surface area contributed by atoms with E-state index >= 15 is 0 Å². The summed E-state index contributed by atoms with van der Waals surface area (Å²) in [6.45, 7) is 4.10. The number of hydrogen-bond donors (Lipinski definition) is 2. The number of nitrogens with zero attached hydrogens (tertiary/aromatic N) is 2. The van der Waals surface area contributed by atoms with Crippen molar-refractivity contribution < 1.29 is 0 Å². The van der Waals surface area contributed by atoms with Crippen LogP contribution in [0.15, 0.2) is 59.1 Å². The summed E-state index contributed by atoms with van der Waals surface area (Å²) in [7, 11) is 0. The van der Waals surface area contributed by atoms with Gasteiger partial charge in [-0.1, -0.05) is 35.0 Å². The maximum absolute atomic E-state index is 4.54. The second-order valence-electron chi connectivity index (χ2n) is 5.53. The summed E-state index contributed by atoms with van der Waals surface area (Å²) in [6, 6.07) is 18.2. The summed E-state index contributed by atoms with van der Waals surface area (Å²) in [4.78, 5) is 9.00. The smallest absolute Gasteiger partial charge is 0.229 e. The van der Waals surface area contributed by atoms with Gasteiger partial charge in [-0.3, -0.25) is 0 Å². The fraction of sp³-hybridized carbons (Fsp3) is 0.158. The van der Waals surface area contributed by atoms with Gasteiger partial charge in [0.25, 0.3) is 0 Å². The zero-order chi connectivity index (χ0) is 16.9. The van der Waals surface area contributed by atoms with Gasteiger partial charge in [0.15, 0.2) is 0 Å². The van der Waals surface area contributed by atoms with Crippen LogP contribution in [-0.4, -0.2) is 9.97 Å². The highest BCUT2D eigenvalue weighted by Gasteiger charge is 2.04. The van der Waals surface area contributed by atoms with Crippen LogP contribution in [0.25, 0.3) is 0 Å². The topological polar surface area (TPSA) is 49.8 Å². The molecule has 1 heterocycles. The molecule has 0 aliphatic rings. The van der Waals surface area contributed by atoms with Crippen molar-refractivity contribution in [2.75, 3.05) is 10.6 Å². The Morgan fingerprint density at radius 1 is 0.875 bits per heavy atom. The minimum Gasteiger partial charge on any atom is -0.340 e. The number of hydrogen-bond acceptors (Lipinski definition) is 4. The molecule has 0 saturated heterocycles. The normalized spacial score (nSPS) is 10.5.